The van der Waals surface area contributed by atoms with Crippen LogP contribution in [-0.2, 0) is 23.6 Å². The Kier molecular flexibility index (Phi) is 5.03. The normalized spacial score (nSPS) is 13.3. The van der Waals surface area contributed by atoms with Gasteiger partial charge < -0.3 is 0 Å². The molecule has 5 nitrogen and oxygen atoms in total. The second-order valence-electron chi connectivity index (χ2n) is 5.60. The molecule has 0 saturated carbocycles. The summed E-state index contributed by atoms with van der Waals surface area (Å²) in [6, 6.07) is 8.96. The second-order valence-corrected chi connectivity index (χ2v) is 7.37. The quantitative estimate of drug-likeness (QED) is 0.890. The highest BCUT2D eigenvalue weighted by Gasteiger charge is 2.15. The Labute approximate surface area is 132 Å². The van der Waals surface area contributed by atoms with Crippen molar-refractivity contribution in [1.29, 1.82) is 0 Å². The van der Waals surface area contributed by atoms with Gasteiger partial charge in [-0.3, -0.25) is 4.68 Å². The minimum Gasteiger partial charge on any atom is -0.273 e. The summed E-state index contributed by atoms with van der Waals surface area (Å²) in [7, 11) is -1.68. The molecule has 0 aliphatic rings. The van der Waals surface area contributed by atoms with Crippen molar-refractivity contribution in [2.24, 2.45) is 7.05 Å². The first-order valence-corrected chi connectivity index (χ1v) is 8.91. The van der Waals surface area contributed by atoms with Crippen LogP contribution in [0.2, 0.25) is 0 Å². The van der Waals surface area contributed by atoms with Crippen molar-refractivity contribution in [3.8, 4) is 0 Å². The number of aryl methyl sites for hydroxylation is 2. The molecule has 1 aromatic carbocycles. The molecule has 6 heteroatoms. The summed E-state index contributed by atoms with van der Waals surface area (Å²) in [5.74, 6) is 0.432. The summed E-state index contributed by atoms with van der Waals surface area (Å²) in [4.78, 5) is 0.284. The molecule has 0 fully saturated rings. The van der Waals surface area contributed by atoms with Crippen LogP contribution in [0, 0.1) is 6.92 Å². The van der Waals surface area contributed by atoms with E-state index in [1.54, 1.807) is 16.8 Å². The minimum atomic E-state index is -3.51. The summed E-state index contributed by atoms with van der Waals surface area (Å²) in [5.41, 5.74) is 2.86. The molecule has 2 rings (SSSR count). The topological polar surface area (TPSA) is 64.0 Å². The molecular formula is C16H23N3O2S. The van der Waals surface area contributed by atoms with Crippen LogP contribution >= 0.6 is 0 Å². The van der Waals surface area contributed by atoms with E-state index in [-0.39, 0.29) is 11.4 Å². The highest BCUT2D eigenvalue weighted by molar-refractivity contribution is 7.89. The lowest BCUT2D eigenvalue weighted by molar-refractivity contribution is 0.579. The van der Waals surface area contributed by atoms with Crippen LogP contribution < -0.4 is 4.72 Å². The third-order valence-corrected chi connectivity index (χ3v) is 5.40. The zero-order chi connectivity index (χ0) is 16.3. The molecule has 2 aromatic rings. The van der Waals surface area contributed by atoms with Crippen molar-refractivity contribution in [1.82, 2.24) is 14.5 Å². The third kappa shape index (κ3) is 3.75. The predicted octanol–water partition coefficient (Wildman–Crippen LogP) is 2.72. The predicted molar refractivity (Wildman–Crippen MR) is 87.1 cm³/mol. The number of hydrogen-bond acceptors (Lipinski definition) is 3. The zero-order valence-electron chi connectivity index (χ0n) is 13.5. The SMILES string of the molecule is CCC(C)c1ccc(S(=O)(=O)NCc2cc(C)n(C)n2)cc1. The molecule has 0 amide bonds. The Morgan fingerprint density at radius 2 is 1.91 bits per heavy atom. The molecular weight excluding hydrogens is 298 g/mol. The third-order valence-electron chi connectivity index (χ3n) is 3.98. The molecule has 1 aromatic heterocycles. The van der Waals surface area contributed by atoms with Gasteiger partial charge in [0.25, 0.3) is 0 Å². The van der Waals surface area contributed by atoms with Crippen LogP contribution in [0.1, 0.15) is 43.1 Å². The van der Waals surface area contributed by atoms with Crippen LogP contribution in [0.5, 0.6) is 0 Å². The molecule has 0 radical (unpaired) electrons. The van der Waals surface area contributed by atoms with Gasteiger partial charge >= 0.3 is 0 Å². The number of rotatable bonds is 6. The van der Waals surface area contributed by atoms with Gasteiger partial charge in [-0.25, -0.2) is 13.1 Å². The van der Waals surface area contributed by atoms with Crippen molar-refractivity contribution >= 4 is 10.0 Å². The Morgan fingerprint density at radius 1 is 1.27 bits per heavy atom. The minimum absolute atomic E-state index is 0.192. The number of benzene rings is 1. The van der Waals surface area contributed by atoms with E-state index in [0.29, 0.717) is 11.6 Å². The second kappa shape index (κ2) is 6.62. The lowest BCUT2D eigenvalue weighted by atomic mass is 9.99. The van der Waals surface area contributed by atoms with Gasteiger partial charge in [-0.2, -0.15) is 5.10 Å². The van der Waals surface area contributed by atoms with E-state index in [4.69, 9.17) is 0 Å². The largest absolute Gasteiger partial charge is 0.273 e. The number of sulfonamides is 1. The average Bonchev–Trinajstić information content (AvgIpc) is 2.83. The summed E-state index contributed by atoms with van der Waals surface area (Å²) >= 11 is 0. The van der Waals surface area contributed by atoms with Gasteiger partial charge in [0.1, 0.15) is 0 Å². The van der Waals surface area contributed by atoms with E-state index < -0.39 is 10.0 Å². The average molecular weight is 321 g/mol. The van der Waals surface area contributed by atoms with Crippen molar-refractivity contribution in [3.63, 3.8) is 0 Å². The van der Waals surface area contributed by atoms with Crippen molar-refractivity contribution in [2.75, 3.05) is 0 Å². The van der Waals surface area contributed by atoms with E-state index in [9.17, 15) is 8.42 Å². The maximum absolute atomic E-state index is 12.3. The van der Waals surface area contributed by atoms with Gasteiger partial charge in [-0.05, 0) is 43.0 Å². The number of hydrogen-bond donors (Lipinski definition) is 1. The summed E-state index contributed by atoms with van der Waals surface area (Å²) in [5, 5.41) is 4.25. The van der Waals surface area contributed by atoms with Gasteiger partial charge in [0.05, 0.1) is 17.1 Å². The van der Waals surface area contributed by atoms with Crippen LogP contribution in [0.15, 0.2) is 35.2 Å². The van der Waals surface area contributed by atoms with Crippen LogP contribution in [-0.4, -0.2) is 18.2 Å². The maximum atomic E-state index is 12.3. The van der Waals surface area contributed by atoms with Gasteiger partial charge in [0.2, 0.25) is 10.0 Å². The molecule has 0 aliphatic heterocycles. The van der Waals surface area contributed by atoms with Gasteiger partial charge in [-0.1, -0.05) is 26.0 Å². The summed E-state index contributed by atoms with van der Waals surface area (Å²) in [6.45, 7) is 6.37. The lowest BCUT2D eigenvalue weighted by Gasteiger charge is -2.10. The number of aromatic nitrogens is 2. The summed E-state index contributed by atoms with van der Waals surface area (Å²) in [6.07, 6.45) is 1.03. The van der Waals surface area contributed by atoms with Crippen LogP contribution in [0.4, 0.5) is 0 Å². The lowest BCUT2D eigenvalue weighted by Crippen LogP contribution is -2.23. The van der Waals surface area contributed by atoms with E-state index in [2.05, 4.69) is 23.7 Å². The van der Waals surface area contributed by atoms with Crippen LogP contribution in [0.3, 0.4) is 0 Å². The van der Waals surface area contributed by atoms with Gasteiger partial charge in [0.15, 0.2) is 0 Å². The first kappa shape index (κ1) is 16.7. The van der Waals surface area contributed by atoms with E-state index in [1.165, 1.54) is 0 Å². The van der Waals surface area contributed by atoms with Gasteiger partial charge in [-0.15, -0.1) is 0 Å². The first-order chi connectivity index (χ1) is 10.3. The summed E-state index contributed by atoms with van der Waals surface area (Å²) < 4.78 is 28.9. The molecule has 1 atom stereocenters. The Bertz CT molecular complexity index is 714. The number of nitrogens with one attached hydrogen (secondary N) is 1. The monoisotopic (exact) mass is 321 g/mol. The number of nitrogens with zero attached hydrogens (tertiary/aromatic N) is 2. The molecule has 0 aliphatic carbocycles. The molecule has 1 heterocycles. The van der Waals surface area contributed by atoms with Crippen molar-refractivity contribution < 1.29 is 8.42 Å². The first-order valence-electron chi connectivity index (χ1n) is 7.42. The van der Waals surface area contributed by atoms with E-state index in [0.717, 1.165) is 17.7 Å². The highest BCUT2D eigenvalue weighted by atomic mass is 32.2. The fourth-order valence-corrected chi connectivity index (χ4v) is 3.18. The Balaban J connectivity index is 2.09. The molecule has 120 valence electrons. The van der Waals surface area contributed by atoms with E-state index in [1.807, 2.05) is 32.2 Å². The molecule has 22 heavy (non-hydrogen) atoms. The smallest absolute Gasteiger partial charge is 0.240 e. The van der Waals surface area contributed by atoms with Crippen LogP contribution in [0.25, 0.3) is 0 Å². The fraction of sp³-hybridized carbons (Fsp3) is 0.438. The van der Waals surface area contributed by atoms with Gasteiger partial charge in [0, 0.05) is 12.7 Å². The molecule has 1 unspecified atom stereocenters. The van der Waals surface area contributed by atoms with Crippen molar-refractivity contribution in [3.05, 3.63) is 47.3 Å². The molecule has 0 spiro atoms. The highest BCUT2D eigenvalue weighted by Crippen LogP contribution is 2.20. The fourth-order valence-electron chi connectivity index (χ4n) is 2.18. The molecule has 0 bridgehead atoms. The Morgan fingerprint density at radius 3 is 2.41 bits per heavy atom. The maximum Gasteiger partial charge on any atom is 0.240 e. The van der Waals surface area contributed by atoms with E-state index >= 15 is 0 Å². The molecule has 1 N–H and O–H groups in total. The zero-order valence-corrected chi connectivity index (χ0v) is 14.3. The van der Waals surface area contributed by atoms with Crippen molar-refractivity contribution in [2.45, 2.75) is 44.6 Å². The standard InChI is InChI=1S/C16H23N3O2S/c1-5-12(2)14-6-8-16(9-7-14)22(20,21)17-11-15-10-13(3)19(4)18-15/h6-10,12,17H,5,11H2,1-4H3. The Hall–Kier alpha value is -1.66. The molecule has 0 saturated heterocycles.